The molecule has 0 aromatic heterocycles. The molecule has 3 heteroatoms. The lowest BCUT2D eigenvalue weighted by molar-refractivity contribution is 0.200. The predicted molar refractivity (Wildman–Crippen MR) is 79.6 cm³/mol. The Hall–Kier alpha value is -1.35. The number of rotatable bonds is 3. The molecule has 2 aliphatic rings. The molecule has 0 radical (unpaired) electrons. The summed E-state index contributed by atoms with van der Waals surface area (Å²) in [4.78, 5) is 7.29. The maximum Gasteiger partial charge on any atom is 0.119 e. The normalized spacial score (nSPS) is 21.8. The van der Waals surface area contributed by atoms with Crippen LogP contribution in [0.5, 0.6) is 0 Å². The molecule has 1 aromatic rings. The van der Waals surface area contributed by atoms with Gasteiger partial charge in [0.05, 0.1) is 12.6 Å². The Morgan fingerprint density at radius 2 is 1.95 bits per heavy atom. The minimum Gasteiger partial charge on any atom is -0.370 e. The number of hydrogen-bond acceptors (Lipinski definition) is 3. The molecule has 0 saturated carbocycles. The summed E-state index contributed by atoms with van der Waals surface area (Å²) in [5, 5.41) is 3.49. The van der Waals surface area contributed by atoms with Crippen molar-refractivity contribution in [1.82, 2.24) is 10.2 Å². The van der Waals surface area contributed by atoms with Gasteiger partial charge in [-0.3, -0.25) is 9.89 Å². The van der Waals surface area contributed by atoms with Crippen LogP contribution in [0.2, 0.25) is 0 Å². The molecule has 1 saturated heterocycles. The molecule has 1 aromatic carbocycles. The van der Waals surface area contributed by atoms with Gasteiger partial charge in [0.2, 0.25) is 0 Å². The van der Waals surface area contributed by atoms with Gasteiger partial charge in [0.15, 0.2) is 0 Å². The molecule has 2 aliphatic heterocycles. The van der Waals surface area contributed by atoms with Crippen molar-refractivity contribution in [3.63, 3.8) is 0 Å². The smallest absolute Gasteiger partial charge is 0.119 e. The first-order valence-corrected chi connectivity index (χ1v) is 7.44. The minimum absolute atomic E-state index is 0.337. The molecule has 0 aliphatic carbocycles. The van der Waals surface area contributed by atoms with Crippen molar-refractivity contribution in [1.29, 1.82) is 0 Å². The summed E-state index contributed by atoms with van der Waals surface area (Å²) in [6.07, 6.45) is 4.00. The van der Waals surface area contributed by atoms with Gasteiger partial charge in [-0.15, -0.1) is 0 Å². The van der Waals surface area contributed by atoms with Crippen LogP contribution in [0.15, 0.2) is 29.3 Å². The number of hydrogen-bond donors (Lipinski definition) is 1. The van der Waals surface area contributed by atoms with Gasteiger partial charge in [0.1, 0.15) is 5.84 Å². The minimum atomic E-state index is 0.337. The summed E-state index contributed by atoms with van der Waals surface area (Å²) in [6, 6.07) is 9.08. The van der Waals surface area contributed by atoms with E-state index < -0.39 is 0 Å². The van der Waals surface area contributed by atoms with Crippen LogP contribution >= 0.6 is 0 Å². The largest absolute Gasteiger partial charge is 0.370 e. The highest BCUT2D eigenvalue weighted by atomic mass is 15.2. The highest BCUT2D eigenvalue weighted by Crippen LogP contribution is 2.28. The van der Waals surface area contributed by atoms with E-state index in [0.29, 0.717) is 6.04 Å². The highest BCUT2D eigenvalue weighted by Gasteiger charge is 2.29. The van der Waals surface area contributed by atoms with E-state index in [4.69, 9.17) is 4.99 Å². The zero-order valence-electron chi connectivity index (χ0n) is 11.7. The SMILES string of the molecule is Cc1ccccc1C(C1=NCCN1)N1CCCCC1. The molecule has 1 N–H and O–H groups in total. The van der Waals surface area contributed by atoms with Gasteiger partial charge in [-0.25, -0.2) is 0 Å². The number of nitrogens with zero attached hydrogens (tertiary/aromatic N) is 2. The topological polar surface area (TPSA) is 27.6 Å². The first kappa shape index (κ1) is 12.7. The number of piperidine rings is 1. The average Bonchev–Trinajstić information content (AvgIpc) is 2.96. The van der Waals surface area contributed by atoms with Gasteiger partial charge in [-0.1, -0.05) is 30.7 Å². The molecular weight excluding hydrogens is 234 g/mol. The first-order valence-electron chi connectivity index (χ1n) is 7.44. The van der Waals surface area contributed by atoms with E-state index in [1.54, 1.807) is 0 Å². The lowest BCUT2D eigenvalue weighted by Crippen LogP contribution is -2.41. The van der Waals surface area contributed by atoms with Crippen LogP contribution in [0, 0.1) is 6.92 Å². The predicted octanol–water partition coefficient (Wildman–Crippen LogP) is 2.52. The maximum absolute atomic E-state index is 4.69. The van der Waals surface area contributed by atoms with Crippen molar-refractivity contribution in [2.45, 2.75) is 32.2 Å². The maximum atomic E-state index is 4.69. The summed E-state index contributed by atoms with van der Waals surface area (Å²) < 4.78 is 0. The third kappa shape index (κ3) is 2.66. The second-order valence-corrected chi connectivity index (χ2v) is 5.55. The van der Waals surface area contributed by atoms with E-state index in [1.807, 2.05) is 0 Å². The van der Waals surface area contributed by atoms with Crippen molar-refractivity contribution in [3.05, 3.63) is 35.4 Å². The zero-order chi connectivity index (χ0) is 13.1. The third-order valence-electron chi connectivity index (χ3n) is 4.20. The monoisotopic (exact) mass is 257 g/mol. The van der Waals surface area contributed by atoms with Gasteiger partial charge in [0.25, 0.3) is 0 Å². The Bertz CT molecular complexity index is 461. The van der Waals surface area contributed by atoms with Crippen LogP contribution < -0.4 is 5.32 Å². The Labute approximate surface area is 115 Å². The van der Waals surface area contributed by atoms with Crippen molar-refractivity contribution < 1.29 is 0 Å². The molecular formula is C16H23N3. The second kappa shape index (κ2) is 5.74. The second-order valence-electron chi connectivity index (χ2n) is 5.55. The van der Waals surface area contributed by atoms with Crippen molar-refractivity contribution >= 4 is 5.84 Å². The molecule has 3 rings (SSSR count). The summed E-state index contributed by atoms with van der Waals surface area (Å²) in [7, 11) is 0. The van der Waals surface area contributed by atoms with E-state index in [0.717, 1.165) is 13.1 Å². The summed E-state index contributed by atoms with van der Waals surface area (Å²) >= 11 is 0. The molecule has 1 atom stereocenters. The van der Waals surface area contributed by atoms with E-state index in [1.165, 1.54) is 49.3 Å². The fourth-order valence-corrected chi connectivity index (χ4v) is 3.19. The number of aliphatic imine (C=N–C) groups is 1. The van der Waals surface area contributed by atoms with E-state index in [-0.39, 0.29) is 0 Å². The van der Waals surface area contributed by atoms with Crippen LogP contribution in [0.3, 0.4) is 0 Å². The fourth-order valence-electron chi connectivity index (χ4n) is 3.19. The standard InChI is InChI=1S/C16H23N3/c1-13-7-3-4-8-14(13)15(16-17-9-10-18-16)19-11-5-2-6-12-19/h3-4,7-8,15H,2,5-6,9-12H2,1H3,(H,17,18). The lowest BCUT2D eigenvalue weighted by atomic mass is 9.97. The number of benzene rings is 1. The van der Waals surface area contributed by atoms with Crippen molar-refractivity contribution in [2.24, 2.45) is 4.99 Å². The summed E-state index contributed by atoms with van der Waals surface area (Å²) in [5.41, 5.74) is 2.78. The molecule has 1 unspecified atom stereocenters. The average molecular weight is 257 g/mol. The molecule has 3 nitrogen and oxygen atoms in total. The van der Waals surface area contributed by atoms with Crippen LogP contribution in [0.25, 0.3) is 0 Å². The number of aryl methyl sites for hydroxylation is 1. The first-order chi connectivity index (χ1) is 9.36. The highest BCUT2D eigenvalue weighted by molar-refractivity contribution is 5.90. The molecule has 1 fully saturated rings. The van der Waals surface area contributed by atoms with Gasteiger partial charge in [0, 0.05) is 6.54 Å². The quantitative estimate of drug-likeness (QED) is 0.901. The van der Waals surface area contributed by atoms with E-state index >= 15 is 0 Å². The zero-order valence-corrected chi connectivity index (χ0v) is 11.7. The van der Waals surface area contributed by atoms with E-state index in [2.05, 4.69) is 41.4 Å². The molecule has 0 amide bonds. The number of amidine groups is 1. The van der Waals surface area contributed by atoms with Gasteiger partial charge >= 0.3 is 0 Å². The molecule has 0 spiro atoms. The Morgan fingerprint density at radius 3 is 2.63 bits per heavy atom. The Balaban J connectivity index is 1.93. The van der Waals surface area contributed by atoms with Crippen molar-refractivity contribution in [2.75, 3.05) is 26.2 Å². The molecule has 2 heterocycles. The lowest BCUT2D eigenvalue weighted by Gasteiger charge is -2.35. The Kier molecular flexibility index (Phi) is 3.83. The number of likely N-dealkylation sites (tertiary alicyclic amines) is 1. The van der Waals surface area contributed by atoms with Crippen molar-refractivity contribution in [3.8, 4) is 0 Å². The van der Waals surface area contributed by atoms with Crippen LogP contribution in [0.4, 0.5) is 0 Å². The third-order valence-corrected chi connectivity index (χ3v) is 4.20. The van der Waals surface area contributed by atoms with Gasteiger partial charge < -0.3 is 5.32 Å². The van der Waals surface area contributed by atoms with Crippen LogP contribution in [0.1, 0.15) is 36.4 Å². The summed E-state index contributed by atoms with van der Waals surface area (Å²) in [5.74, 6) is 1.18. The van der Waals surface area contributed by atoms with Gasteiger partial charge in [-0.2, -0.15) is 0 Å². The number of nitrogens with one attached hydrogen (secondary N) is 1. The molecule has 102 valence electrons. The fraction of sp³-hybridized carbons (Fsp3) is 0.562. The molecule has 0 bridgehead atoms. The summed E-state index contributed by atoms with van der Waals surface area (Å²) in [6.45, 7) is 6.51. The Morgan fingerprint density at radius 1 is 1.16 bits per heavy atom. The van der Waals surface area contributed by atoms with Crippen LogP contribution in [-0.4, -0.2) is 36.9 Å². The van der Waals surface area contributed by atoms with Crippen LogP contribution in [-0.2, 0) is 0 Å². The van der Waals surface area contributed by atoms with E-state index in [9.17, 15) is 0 Å². The van der Waals surface area contributed by atoms with Gasteiger partial charge in [-0.05, 0) is 44.0 Å². The molecule has 19 heavy (non-hydrogen) atoms.